The molecule has 0 fully saturated rings. The number of carbonyl (C=O) groups is 1. The first-order chi connectivity index (χ1) is 9.06. The molecule has 0 aliphatic rings. The van der Waals surface area contributed by atoms with Crippen molar-refractivity contribution in [2.75, 3.05) is 0 Å². The fraction of sp³-hybridized carbons (Fsp3) is 0.429. The van der Waals surface area contributed by atoms with Gasteiger partial charge in [0.15, 0.2) is 0 Å². The molecule has 0 aliphatic carbocycles. The number of aromatic nitrogens is 2. The van der Waals surface area contributed by atoms with Gasteiger partial charge in [0, 0.05) is 0 Å². The highest BCUT2D eigenvalue weighted by Crippen LogP contribution is 2.26. The van der Waals surface area contributed by atoms with Crippen molar-refractivity contribution in [3.8, 4) is 0 Å². The number of nitrogens with two attached hydrogens (primary N) is 1. The van der Waals surface area contributed by atoms with Gasteiger partial charge in [-0.2, -0.15) is 0 Å². The van der Waals surface area contributed by atoms with Crippen LogP contribution in [0.5, 0.6) is 0 Å². The highest BCUT2D eigenvalue weighted by Gasteiger charge is 2.23. The van der Waals surface area contributed by atoms with Crippen molar-refractivity contribution < 1.29 is 9.90 Å². The van der Waals surface area contributed by atoms with Gasteiger partial charge in [-0.3, -0.25) is 0 Å². The molecule has 5 heteroatoms. The number of fused-ring (bicyclic) bond motifs is 1. The Bertz CT molecular complexity index is 591. The van der Waals surface area contributed by atoms with E-state index in [0.29, 0.717) is 5.82 Å². The number of para-hydroxylation sites is 2. The summed E-state index contributed by atoms with van der Waals surface area (Å²) >= 11 is 0. The zero-order chi connectivity index (χ0) is 14.0. The Hall–Kier alpha value is -1.88. The zero-order valence-corrected chi connectivity index (χ0v) is 11.2. The minimum Gasteiger partial charge on any atom is -0.480 e. The van der Waals surface area contributed by atoms with Gasteiger partial charge in [0.05, 0.1) is 17.1 Å². The molecule has 2 aromatic rings. The lowest BCUT2D eigenvalue weighted by Crippen LogP contribution is -2.22. The average Bonchev–Trinajstić information content (AvgIpc) is 2.77. The van der Waals surface area contributed by atoms with Crippen LogP contribution in [0.4, 0.5) is 0 Å². The van der Waals surface area contributed by atoms with Crippen molar-refractivity contribution >= 4 is 17.0 Å². The van der Waals surface area contributed by atoms with Gasteiger partial charge in [-0.25, -0.2) is 9.78 Å². The van der Waals surface area contributed by atoms with E-state index in [1.807, 2.05) is 31.2 Å². The Morgan fingerprint density at radius 3 is 2.79 bits per heavy atom. The third-order valence-corrected chi connectivity index (χ3v) is 3.30. The highest BCUT2D eigenvalue weighted by molar-refractivity contribution is 5.80. The van der Waals surface area contributed by atoms with Crippen molar-refractivity contribution in [3.63, 3.8) is 0 Å². The first-order valence-corrected chi connectivity index (χ1v) is 6.51. The molecule has 0 radical (unpaired) electrons. The molecular weight excluding hydrogens is 242 g/mol. The molecule has 0 saturated carbocycles. The van der Waals surface area contributed by atoms with Crippen molar-refractivity contribution in [2.45, 2.75) is 38.8 Å². The van der Waals surface area contributed by atoms with E-state index in [2.05, 4.69) is 4.98 Å². The molecule has 1 aromatic heterocycles. The summed E-state index contributed by atoms with van der Waals surface area (Å²) < 4.78 is 1.73. The number of carboxylic acids is 1. The Balaban J connectivity index is 2.61. The maximum absolute atomic E-state index is 11.3. The minimum absolute atomic E-state index is 0.237. The molecule has 2 unspecified atom stereocenters. The molecule has 0 bridgehead atoms. The van der Waals surface area contributed by atoms with Crippen molar-refractivity contribution in [1.29, 1.82) is 0 Å². The molecule has 2 rings (SSSR count). The molecule has 1 heterocycles. The van der Waals surface area contributed by atoms with Crippen LogP contribution in [0, 0.1) is 0 Å². The predicted octanol–water partition coefficient (Wildman–Crippen LogP) is 2.48. The summed E-state index contributed by atoms with van der Waals surface area (Å²) in [5.41, 5.74) is 7.74. The molecule has 0 spiro atoms. The van der Waals surface area contributed by atoms with E-state index in [4.69, 9.17) is 5.73 Å². The van der Waals surface area contributed by atoms with E-state index in [1.54, 1.807) is 11.5 Å². The Morgan fingerprint density at radius 1 is 1.47 bits per heavy atom. The number of nitrogens with zero attached hydrogens (tertiary/aromatic N) is 2. The topological polar surface area (TPSA) is 81.1 Å². The number of carboxylic acid groups (broad SMARTS) is 1. The number of hydrogen-bond acceptors (Lipinski definition) is 3. The van der Waals surface area contributed by atoms with Gasteiger partial charge in [-0.15, -0.1) is 0 Å². The lowest BCUT2D eigenvalue weighted by Gasteiger charge is -2.17. The fourth-order valence-corrected chi connectivity index (χ4v) is 2.28. The molecule has 2 atom stereocenters. The van der Waals surface area contributed by atoms with Gasteiger partial charge in [0.25, 0.3) is 0 Å². The van der Waals surface area contributed by atoms with Crippen LogP contribution in [0.25, 0.3) is 11.0 Å². The van der Waals surface area contributed by atoms with E-state index < -0.39 is 12.0 Å². The maximum atomic E-state index is 11.3. The van der Waals surface area contributed by atoms with Crippen LogP contribution in [0.15, 0.2) is 24.3 Å². The monoisotopic (exact) mass is 261 g/mol. The van der Waals surface area contributed by atoms with Gasteiger partial charge in [0.1, 0.15) is 11.9 Å². The lowest BCUT2D eigenvalue weighted by molar-refractivity contribution is -0.140. The van der Waals surface area contributed by atoms with E-state index in [-0.39, 0.29) is 6.04 Å². The zero-order valence-electron chi connectivity index (χ0n) is 11.2. The summed E-state index contributed by atoms with van der Waals surface area (Å²) in [7, 11) is 0. The quantitative estimate of drug-likeness (QED) is 0.866. The fourth-order valence-electron chi connectivity index (χ4n) is 2.28. The second-order valence-corrected chi connectivity index (χ2v) is 4.74. The van der Waals surface area contributed by atoms with Crippen LogP contribution in [0.3, 0.4) is 0 Å². The molecule has 102 valence electrons. The SMILES string of the molecule is CCCC(N)c1nc2ccccc2n1C(C)C(=O)O. The van der Waals surface area contributed by atoms with Gasteiger partial charge in [-0.05, 0) is 25.5 Å². The van der Waals surface area contributed by atoms with Crippen molar-refractivity contribution in [2.24, 2.45) is 5.73 Å². The second-order valence-electron chi connectivity index (χ2n) is 4.74. The van der Waals surface area contributed by atoms with E-state index in [9.17, 15) is 9.90 Å². The standard InChI is InChI=1S/C14H19N3O2/c1-3-6-10(15)13-16-11-7-4-5-8-12(11)17(13)9(2)14(18)19/h4-5,7-10H,3,6,15H2,1-2H3,(H,18,19). The lowest BCUT2D eigenvalue weighted by atomic mass is 10.1. The highest BCUT2D eigenvalue weighted by atomic mass is 16.4. The normalized spacial score (nSPS) is 14.5. The number of imidazole rings is 1. The first kappa shape index (κ1) is 13.5. The van der Waals surface area contributed by atoms with Crippen molar-refractivity contribution in [1.82, 2.24) is 9.55 Å². The number of hydrogen-bond donors (Lipinski definition) is 2. The third kappa shape index (κ3) is 2.46. The molecule has 0 aliphatic heterocycles. The molecule has 5 nitrogen and oxygen atoms in total. The van der Waals surface area contributed by atoms with E-state index in [0.717, 1.165) is 23.9 Å². The van der Waals surface area contributed by atoms with Gasteiger partial charge in [0.2, 0.25) is 0 Å². The van der Waals surface area contributed by atoms with E-state index >= 15 is 0 Å². The van der Waals surface area contributed by atoms with Gasteiger partial charge in [-0.1, -0.05) is 25.5 Å². The van der Waals surface area contributed by atoms with Crippen LogP contribution in [0.1, 0.15) is 44.6 Å². The second kappa shape index (κ2) is 5.40. The Labute approximate surface area is 112 Å². The predicted molar refractivity (Wildman–Crippen MR) is 73.9 cm³/mol. The average molecular weight is 261 g/mol. The van der Waals surface area contributed by atoms with Crippen molar-refractivity contribution in [3.05, 3.63) is 30.1 Å². The smallest absolute Gasteiger partial charge is 0.326 e. The summed E-state index contributed by atoms with van der Waals surface area (Å²) in [4.78, 5) is 15.8. The molecule has 19 heavy (non-hydrogen) atoms. The summed E-state index contributed by atoms with van der Waals surface area (Å²) in [6, 6.07) is 6.61. The summed E-state index contributed by atoms with van der Waals surface area (Å²) in [6.45, 7) is 3.70. The maximum Gasteiger partial charge on any atom is 0.326 e. The van der Waals surface area contributed by atoms with Crippen LogP contribution in [0.2, 0.25) is 0 Å². The van der Waals surface area contributed by atoms with E-state index in [1.165, 1.54) is 0 Å². The van der Waals surface area contributed by atoms with Gasteiger partial charge >= 0.3 is 5.97 Å². The van der Waals surface area contributed by atoms with Crippen LogP contribution >= 0.6 is 0 Å². The molecule has 0 amide bonds. The summed E-state index contributed by atoms with van der Waals surface area (Å²) in [6.07, 6.45) is 1.72. The molecule has 1 aromatic carbocycles. The molecule has 3 N–H and O–H groups in total. The van der Waals surface area contributed by atoms with Gasteiger partial charge < -0.3 is 15.4 Å². The van der Waals surface area contributed by atoms with Crippen LogP contribution in [-0.4, -0.2) is 20.6 Å². The number of aliphatic carboxylic acids is 1. The molecular formula is C14H19N3O2. The number of rotatable bonds is 5. The summed E-state index contributed by atoms with van der Waals surface area (Å²) in [5, 5.41) is 9.26. The minimum atomic E-state index is -0.881. The number of benzene rings is 1. The Morgan fingerprint density at radius 2 is 2.16 bits per heavy atom. The first-order valence-electron chi connectivity index (χ1n) is 6.51. The molecule has 0 saturated heterocycles. The van der Waals surface area contributed by atoms with Crippen LogP contribution in [-0.2, 0) is 4.79 Å². The van der Waals surface area contributed by atoms with Crippen LogP contribution < -0.4 is 5.73 Å². The Kier molecular flexibility index (Phi) is 3.85. The summed E-state index contributed by atoms with van der Waals surface area (Å²) in [5.74, 6) is -0.231. The third-order valence-electron chi connectivity index (χ3n) is 3.30. The largest absolute Gasteiger partial charge is 0.480 e.